The van der Waals surface area contributed by atoms with Gasteiger partial charge in [-0.25, -0.2) is 4.79 Å². The van der Waals surface area contributed by atoms with E-state index in [0.717, 1.165) is 22.3 Å². The van der Waals surface area contributed by atoms with Gasteiger partial charge in [0.25, 0.3) is 0 Å². The second kappa shape index (κ2) is 8.37. The monoisotopic (exact) mass is 463 g/mol. The summed E-state index contributed by atoms with van der Waals surface area (Å²) >= 11 is 9.52. The van der Waals surface area contributed by atoms with Crippen molar-refractivity contribution in [3.8, 4) is 11.4 Å². The minimum atomic E-state index is -0.448. The number of nitrogens with zero attached hydrogens (tertiary/aromatic N) is 1. The molecule has 0 saturated heterocycles. The average molecular weight is 465 g/mol. The van der Waals surface area contributed by atoms with E-state index < -0.39 is 5.97 Å². The Bertz CT molecular complexity index is 1060. The second-order valence-electron chi connectivity index (χ2n) is 6.22. The normalized spacial score (nSPS) is 10.9. The third-order valence-electron chi connectivity index (χ3n) is 4.35. The molecule has 0 atom stereocenters. The van der Waals surface area contributed by atoms with E-state index in [0.29, 0.717) is 27.4 Å². The number of hydrogen-bond donors (Lipinski definition) is 0. The molecule has 2 aromatic carbocycles. The fourth-order valence-electron chi connectivity index (χ4n) is 3.23. The molecule has 0 N–H and O–H groups in total. The lowest BCUT2D eigenvalue weighted by Gasteiger charge is -2.11. The van der Waals surface area contributed by atoms with Gasteiger partial charge in [-0.05, 0) is 73.1 Å². The molecule has 0 bridgehead atoms. The Labute approximate surface area is 176 Å². The van der Waals surface area contributed by atoms with Crippen molar-refractivity contribution in [2.75, 3.05) is 13.2 Å². The van der Waals surface area contributed by atoms with Crippen LogP contribution in [-0.4, -0.2) is 29.5 Å². The second-order valence-corrected chi connectivity index (χ2v) is 7.51. The Kier molecular flexibility index (Phi) is 6.10. The maximum atomic E-state index is 12.4. The molecule has 5 nitrogen and oxygen atoms in total. The number of rotatable bonds is 6. The van der Waals surface area contributed by atoms with E-state index in [-0.39, 0.29) is 12.4 Å². The summed E-state index contributed by atoms with van der Waals surface area (Å²) in [5.41, 5.74) is 3.17. The van der Waals surface area contributed by atoms with E-state index in [4.69, 9.17) is 21.1 Å². The lowest BCUT2D eigenvalue weighted by molar-refractivity contribution is -0.145. The third-order valence-corrected chi connectivity index (χ3v) is 5.22. The van der Waals surface area contributed by atoms with E-state index >= 15 is 0 Å². The number of carbonyl (C=O) groups excluding carboxylic acids is 2. The van der Waals surface area contributed by atoms with Gasteiger partial charge in [0.15, 0.2) is 12.4 Å². The van der Waals surface area contributed by atoms with E-state index in [2.05, 4.69) is 15.9 Å². The van der Waals surface area contributed by atoms with Crippen LogP contribution in [0.4, 0.5) is 0 Å². The zero-order chi connectivity index (χ0) is 20.4. The highest BCUT2D eigenvalue weighted by molar-refractivity contribution is 9.10. The summed E-state index contributed by atoms with van der Waals surface area (Å²) in [5, 5.41) is 1.39. The Balaban J connectivity index is 2.15. The first-order valence-corrected chi connectivity index (χ1v) is 9.90. The fourth-order valence-corrected chi connectivity index (χ4v) is 3.80. The molecule has 0 aliphatic carbocycles. The highest BCUT2D eigenvalue weighted by atomic mass is 79.9. The highest BCUT2D eigenvalue weighted by Gasteiger charge is 2.21. The molecule has 0 radical (unpaired) electrons. The van der Waals surface area contributed by atoms with Gasteiger partial charge in [-0.15, -0.1) is 0 Å². The molecule has 0 aliphatic rings. The number of esters is 1. The molecule has 0 amide bonds. The Morgan fingerprint density at radius 1 is 1.18 bits per heavy atom. The maximum Gasteiger partial charge on any atom is 0.344 e. The van der Waals surface area contributed by atoms with E-state index in [1.807, 2.05) is 41.8 Å². The molecule has 0 fully saturated rings. The van der Waals surface area contributed by atoms with Crippen LogP contribution >= 0.6 is 27.5 Å². The maximum absolute atomic E-state index is 12.4. The molecule has 0 spiro atoms. The van der Waals surface area contributed by atoms with Gasteiger partial charge >= 0.3 is 5.97 Å². The van der Waals surface area contributed by atoms with Gasteiger partial charge in [-0.2, -0.15) is 0 Å². The molecule has 0 aliphatic heterocycles. The lowest BCUT2D eigenvalue weighted by Crippen LogP contribution is -2.14. The van der Waals surface area contributed by atoms with Crippen LogP contribution in [0.2, 0.25) is 5.02 Å². The van der Waals surface area contributed by atoms with E-state index in [1.165, 1.54) is 6.92 Å². The number of Topliss-reactive ketones (excluding diaryl/α,β-unsaturated/α-hetero) is 1. The van der Waals surface area contributed by atoms with Crippen LogP contribution < -0.4 is 4.74 Å². The van der Waals surface area contributed by atoms with Crippen LogP contribution in [0.25, 0.3) is 16.6 Å². The molecule has 3 rings (SSSR count). The predicted molar refractivity (Wildman–Crippen MR) is 113 cm³/mol. The average Bonchev–Trinajstić information content (AvgIpc) is 2.92. The van der Waals surface area contributed by atoms with Crippen LogP contribution in [-0.2, 0) is 9.53 Å². The van der Waals surface area contributed by atoms with Crippen molar-refractivity contribution in [1.29, 1.82) is 0 Å². The van der Waals surface area contributed by atoms with Crippen molar-refractivity contribution >= 4 is 50.2 Å². The summed E-state index contributed by atoms with van der Waals surface area (Å²) < 4.78 is 13.2. The predicted octanol–water partition coefficient (Wildman–Crippen LogP) is 5.50. The first-order valence-electron chi connectivity index (χ1n) is 8.73. The number of ketones is 1. The fraction of sp³-hybridized carbons (Fsp3) is 0.238. The first-order chi connectivity index (χ1) is 13.3. The number of fused-ring (bicyclic) bond motifs is 1. The number of hydrogen-bond acceptors (Lipinski definition) is 4. The molecule has 7 heteroatoms. The van der Waals surface area contributed by atoms with Crippen molar-refractivity contribution in [3.63, 3.8) is 0 Å². The Hall–Kier alpha value is -2.31. The van der Waals surface area contributed by atoms with Gasteiger partial charge < -0.3 is 14.0 Å². The first kappa shape index (κ1) is 20.4. The quantitative estimate of drug-likeness (QED) is 0.357. The van der Waals surface area contributed by atoms with Crippen LogP contribution in [0.15, 0.2) is 40.9 Å². The summed E-state index contributed by atoms with van der Waals surface area (Å²) in [6.45, 7) is 5.26. The number of carbonyl (C=O) groups is 2. The number of benzene rings is 2. The largest absolute Gasteiger partial charge is 0.481 e. The van der Waals surface area contributed by atoms with Crippen LogP contribution in [0.3, 0.4) is 0 Å². The van der Waals surface area contributed by atoms with E-state index in [9.17, 15) is 9.59 Å². The molecular weight excluding hydrogens is 446 g/mol. The van der Waals surface area contributed by atoms with Gasteiger partial charge in [-0.1, -0.05) is 11.6 Å². The van der Waals surface area contributed by atoms with Crippen molar-refractivity contribution in [2.45, 2.75) is 20.8 Å². The molecule has 0 saturated carbocycles. The highest BCUT2D eigenvalue weighted by Crippen LogP contribution is 2.37. The van der Waals surface area contributed by atoms with Gasteiger partial charge in [0.2, 0.25) is 0 Å². The van der Waals surface area contributed by atoms with Crippen molar-refractivity contribution in [1.82, 2.24) is 4.57 Å². The SMILES string of the molecule is CCOC(=O)COc1cc2c(C(C)=O)c(C)n(-c3ccc(Cl)cc3)c2cc1Br. The topological polar surface area (TPSA) is 57.5 Å². The molecule has 3 aromatic rings. The van der Waals surface area contributed by atoms with Gasteiger partial charge in [0, 0.05) is 27.4 Å². The zero-order valence-corrected chi connectivity index (χ0v) is 18.1. The number of ether oxygens (including phenoxy) is 2. The van der Waals surface area contributed by atoms with Crippen molar-refractivity contribution in [2.24, 2.45) is 0 Å². The van der Waals surface area contributed by atoms with Crippen molar-refractivity contribution in [3.05, 3.63) is 57.2 Å². The number of aromatic nitrogens is 1. The third kappa shape index (κ3) is 3.93. The Morgan fingerprint density at radius 2 is 1.86 bits per heavy atom. The lowest BCUT2D eigenvalue weighted by atomic mass is 10.1. The van der Waals surface area contributed by atoms with Gasteiger partial charge in [-0.3, -0.25) is 4.79 Å². The molecule has 1 heterocycles. The minimum absolute atomic E-state index is 0.0473. The summed E-state index contributed by atoms with van der Waals surface area (Å²) in [7, 11) is 0. The minimum Gasteiger partial charge on any atom is -0.481 e. The van der Waals surface area contributed by atoms with Crippen LogP contribution in [0.5, 0.6) is 5.75 Å². The summed E-state index contributed by atoms with van der Waals surface area (Å²) in [5.74, 6) is -0.0265. The smallest absolute Gasteiger partial charge is 0.344 e. The van der Waals surface area contributed by atoms with Crippen molar-refractivity contribution < 1.29 is 19.1 Å². The Morgan fingerprint density at radius 3 is 2.46 bits per heavy atom. The molecule has 1 aromatic heterocycles. The van der Waals surface area contributed by atoms with Gasteiger partial charge in [0.1, 0.15) is 5.75 Å². The van der Waals surface area contributed by atoms with Gasteiger partial charge in [0.05, 0.1) is 16.6 Å². The zero-order valence-electron chi connectivity index (χ0n) is 15.7. The van der Waals surface area contributed by atoms with Crippen LogP contribution in [0, 0.1) is 6.92 Å². The molecule has 0 unspecified atom stereocenters. The molecule has 28 heavy (non-hydrogen) atoms. The standard InChI is InChI=1S/C21H19BrClNO4/c1-4-27-20(26)11-28-19-9-16-18(10-17(19)22)24(12(2)21(16)13(3)25)15-7-5-14(23)6-8-15/h5-10H,4,11H2,1-3H3. The summed E-state index contributed by atoms with van der Waals surface area (Å²) in [4.78, 5) is 24.0. The van der Waals surface area contributed by atoms with Crippen LogP contribution in [0.1, 0.15) is 29.9 Å². The number of halogens is 2. The summed E-state index contributed by atoms with van der Waals surface area (Å²) in [6.07, 6.45) is 0. The summed E-state index contributed by atoms with van der Waals surface area (Å²) in [6, 6.07) is 11.1. The van der Waals surface area contributed by atoms with E-state index in [1.54, 1.807) is 13.0 Å². The molecular formula is C21H19BrClNO4. The molecule has 146 valence electrons.